The molecule has 6 nitrogen and oxygen atoms in total. The molecule has 0 radical (unpaired) electrons. The van der Waals surface area contributed by atoms with E-state index in [0.29, 0.717) is 24.7 Å². The van der Waals surface area contributed by atoms with Crippen LogP contribution in [-0.2, 0) is 19.5 Å². The van der Waals surface area contributed by atoms with E-state index >= 15 is 0 Å². The Bertz CT molecular complexity index is 982. The van der Waals surface area contributed by atoms with Gasteiger partial charge in [-0.25, -0.2) is 4.98 Å². The number of methoxy groups -OCH3 is 1. The number of hydrogen-bond donors (Lipinski definition) is 2. The Kier molecular flexibility index (Phi) is 4.48. The number of phenols is 1. The number of aromatic nitrogens is 2. The van der Waals surface area contributed by atoms with Crippen molar-refractivity contribution >= 4 is 11.3 Å². The molecule has 2 N–H and O–H groups in total. The molecule has 3 aromatic rings. The Morgan fingerprint density at radius 2 is 2.27 bits per heavy atom. The van der Waals surface area contributed by atoms with Crippen molar-refractivity contribution in [2.45, 2.75) is 19.5 Å². The minimum absolute atomic E-state index is 0.0687. The van der Waals surface area contributed by atoms with Gasteiger partial charge in [-0.1, -0.05) is 12.1 Å². The number of nitrogens with one attached hydrogen (secondary N) is 1. The van der Waals surface area contributed by atoms with Crippen molar-refractivity contribution in [2.75, 3.05) is 13.7 Å². The molecule has 1 aromatic carbocycles. The van der Waals surface area contributed by atoms with Gasteiger partial charge in [0, 0.05) is 37.7 Å². The quantitative estimate of drug-likeness (QED) is 0.739. The zero-order valence-electron chi connectivity index (χ0n) is 14.4. The monoisotopic (exact) mass is 369 g/mol. The summed E-state index contributed by atoms with van der Waals surface area (Å²) < 4.78 is 5.35. The summed E-state index contributed by atoms with van der Waals surface area (Å²) in [7, 11) is 1.59. The first kappa shape index (κ1) is 16.8. The maximum atomic E-state index is 12.6. The lowest BCUT2D eigenvalue weighted by atomic mass is 10.1. The molecule has 2 aromatic heterocycles. The molecule has 26 heavy (non-hydrogen) atoms. The number of benzene rings is 1. The molecule has 0 spiro atoms. The molecule has 0 amide bonds. The summed E-state index contributed by atoms with van der Waals surface area (Å²) in [5, 5.41) is 11.6. The van der Waals surface area contributed by atoms with E-state index in [-0.39, 0.29) is 11.3 Å². The van der Waals surface area contributed by atoms with Crippen LogP contribution in [0.1, 0.15) is 16.8 Å². The summed E-state index contributed by atoms with van der Waals surface area (Å²) in [4.78, 5) is 23.3. The van der Waals surface area contributed by atoms with Gasteiger partial charge in [0.25, 0.3) is 5.56 Å². The summed E-state index contributed by atoms with van der Waals surface area (Å²) in [6.07, 6.45) is 0.734. The van der Waals surface area contributed by atoms with Gasteiger partial charge in [-0.15, -0.1) is 11.3 Å². The van der Waals surface area contributed by atoms with Crippen LogP contribution < -0.4 is 10.3 Å². The van der Waals surface area contributed by atoms with Gasteiger partial charge in [-0.05, 0) is 17.5 Å². The van der Waals surface area contributed by atoms with Crippen molar-refractivity contribution in [3.8, 4) is 22.2 Å². The molecule has 0 fully saturated rings. The highest BCUT2D eigenvalue weighted by Crippen LogP contribution is 2.27. The van der Waals surface area contributed by atoms with E-state index < -0.39 is 0 Å². The van der Waals surface area contributed by atoms with Crippen molar-refractivity contribution in [1.82, 2.24) is 14.9 Å². The van der Waals surface area contributed by atoms with Crippen LogP contribution in [0.4, 0.5) is 0 Å². The second-order valence-corrected chi connectivity index (χ2v) is 7.22. The first-order valence-electron chi connectivity index (χ1n) is 8.38. The molecule has 1 aliphatic heterocycles. The third-order valence-electron chi connectivity index (χ3n) is 4.57. The van der Waals surface area contributed by atoms with E-state index in [1.165, 1.54) is 0 Å². The molecule has 7 heteroatoms. The largest absolute Gasteiger partial charge is 0.508 e. The minimum atomic E-state index is -0.0687. The zero-order chi connectivity index (χ0) is 18.1. The van der Waals surface area contributed by atoms with Crippen LogP contribution in [0.15, 0.2) is 40.5 Å². The smallest absolute Gasteiger partial charge is 0.255 e. The van der Waals surface area contributed by atoms with Gasteiger partial charge in [0.05, 0.1) is 23.2 Å². The fraction of sp³-hybridized carbons (Fsp3) is 0.263. The molecule has 134 valence electrons. The highest BCUT2D eigenvalue weighted by atomic mass is 32.1. The predicted molar refractivity (Wildman–Crippen MR) is 101 cm³/mol. The molecule has 0 saturated heterocycles. The molecule has 3 heterocycles. The number of H-pyrrole nitrogens is 1. The van der Waals surface area contributed by atoms with E-state index in [4.69, 9.17) is 4.74 Å². The number of aromatic hydroxyl groups is 1. The van der Waals surface area contributed by atoms with Gasteiger partial charge in [0.1, 0.15) is 11.5 Å². The van der Waals surface area contributed by atoms with E-state index in [9.17, 15) is 9.90 Å². The standard InChI is InChI=1S/C19H19N3O3S/c1-25-16-9-13(23)5-4-12(16)10-22-7-6-15-14(11-22)19(24)21-18(20-15)17-3-2-8-26-17/h2-5,8-9,23H,6-7,10-11H2,1H3,(H,20,21,24). The van der Waals surface area contributed by atoms with E-state index in [1.54, 1.807) is 30.6 Å². The molecule has 0 bridgehead atoms. The summed E-state index contributed by atoms with van der Waals surface area (Å²) >= 11 is 1.57. The molecule has 0 saturated carbocycles. The number of nitrogens with zero attached hydrogens (tertiary/aromatic N) is 2. The molecule has 0 atom stereocenters. The van der Waals surface area contributed by atoms with Crippen molar-refractivity contribution in [3.05, 3.63) is 62.9 Å². The third-order valence-corrected chi connectivity index (χ3v) is 5.44. The lowest BCUT2D eigenvalue weighted by Crippen LogP contribution is -2.35. The van der Waals surface area contributed by atoms with E-state index in [0.717, 1.165) is 34.7 Å². The zero-order valence-corrected chi connectivity index (χ0v) is 15.2. The first-order chi connectivity index (χ1) is 12.6. The number of fused-ring (bicyclic) bond motifs is 1. The molecule has 0 unspecified atom stereocenters. The molecular formula is C19H19N3O3S. The van der Waals surface area contributed by atoms with Gasteiger partial charge in [0.15, 0.2) is 5.82 Å². The second-order valence-electron chi connectivity index (χ2n) is 6.27. The molecule has 0 aliphatic carbocycles. The van der Waals surface area contributed by atoms with Crippen molar-refractivity contribution in [3.63, 3.8) is 0 Å². The maximum Gasteiger partial charge on any atom is 0.255 e. The van der Waals surface area contributed by atoms with Crippen LogP contribution in [0.3, 0.4) is 0 Å². The van der Waals surface area contributed by atoms with Crippen LogP contribution in [0.5, 0.6) is 11.5 Å². The predicted octanol–water partition coefficient (Wildman–Crippen LogP) is 2.77. The molecular weight excluding hydrogens is 350 g/mol. The Morgan fingerprint density at radius 1 is 1.38 bits per heavy atom. The average molecular weight is 369 g/mol. The Balaban J connectivity index is 1.58. The molecule has 4 rings (SSSR count). The summed E-state index contributed by atoms with van der Waals surface area (Å²) in [5.74, 6) is 1.48. The Labute approximate surface area is 154 Å². The third kappa shape index (κ3) is 3.23. The van der Waals surface area contributed by atoms with Gasteiger partial charge in [-0.3, -0.25) is 9.69 Å². The van der Waals surface area contributed by atoms with E-state index in [2.05, 4.69) is 14.9 Å². The first-order valence-corrected chi connectivity index (χ1v) is 9.26. The number of ether oxygens (including phenoxy) is 1. The number of phenolic OH excluding ortho intramolecular Hbond substituents is 1. The van der Waals surface area contributed by atoms with Crippen LogP contribution in [0.25, 0.3) is 10.7 Å². The Hall–Kier alpha value is -2.64. The molecule has 1 aliphatic rings. The fourth-order valence-electron chi connectivity index (χ4n) is 3.25. The maximum absolute atomic E-state index is 12.6. The summed E-state index contributed by atoms with van der Waals surface area (Å²) in [5.41, 5.74) is 2.52. The lowest BCUT2D eigenvalue weighted by Gasteiger charge is -2.28. The van der Waals surface area contributed by atoms with Gasteiger partial charge < -0.3 is 14.8 Å². The van der Waals surface area contributed by atoms with Crippen molar-refractivity contribution < 1.29 is 9.84 Å². The summed E-state index contributed by atoms with van der Waals surface area (Å²) in [6, 6.07) is 9.02. The SMILES string of the molecule is COc1cc(O)ccc1CN1CCc2nc(-c3cccs3)[nH]c(=O)c2C1. The average Bonchev–Trinajstić information content (AvgIpc) is 3.18. The van der Waals surface area contributed by atoms with Gasteiger partial charge in [0.2, 0.25) is 0 Å². The lowest BCUT2D eigenvalue weighted by molar-refractivity contribution is 0.238. The Morgan fingerprint density at radius 3 is 3.04 bits per heavy atom. The number of thiophene rings is 1. The topological polar surface area (TPSA) is 78.5 Å². The number of rotatable bonds is 4. The van der Waals surface area contributed by atoms with Crippen molar-refractivity contribution in [1.29, 1.82) is 0 Å². The van der Waals surface area contributed by atoms with Crippen molar-refractivity contribution in [2.24, 2.45) is 0 Å². The van der Waals surface area contributed by atoms with Crippen LogP contribution >= 0.6 is 11.3 Å². The van der Waals surface area contributed by atoms with E-state index in [1.807, 2.05) is 23.6 Å². The van der Waals surface area contributed by atoms with Gasteiger partial charge >= 0.3 is 0 Å². The number of aromatic amines is 1. The minimum Gasteiger partial charge on any atom is -0.508 e. The normalized spacial score (nSPS) is 14.2. The number of hydrogen-bond acceptors (Lipinski definition) is 6. The van der Waals surface area contributed by atoms with Crippen LogP contribution in [0.2, 0.25) is 0 Å². The second kappa shape index (κ2) is 6.93. The highest BCUT2D eigenvalue weighted by molar-refractivity contribution is 7.13. The highest BCUT2D eigenvalue weighted by Gasteiger charge is 2.22. The van der Waals surface area contributed by atoms with Gasteiger partial charge in [-0.2, -0.15) is 0 Å². The summed E-state index contributed by atoms with van der Waals surface area (Å²) in [6.45, 7) is 2.01. The fourth-order valence-corrected chi connectivity index (χ4v) is 3.92. The van der Waals surface area contributed by atoms with Crippen LogP contribution in [0, 0.1) is 0 Å². The van der Waals surface area contributed by atoms with Crippen LogP contribution in [-0.4, -0.2) is 33.6 Å².